The number of halogens is 9. The summed E-state index contributed by atoms with van der Waals surface area (Å²) in [6.45, 7) is 0. The molecule has 11 heteroatoms. The van der Waals surface area contributed by atoms with E-state index in [9.17, 15) is 31.4 Å². The Morgan fingerprint density at radius 3 is 1.74 bits per heavy atom. The Morgan fingerprint density at radius 1 is 0.913 bits per heavy atom. The molecule has 0 aromatic heterocycles. The third-order valence-electron chi connectivity index (χ3n) is 4.87. The van der Waals surface area contributed by atoms with Gasteiger partial charge in [-0.1, -0.05) is 7.43 Å². The molecule has 0 radical (unpaired) electrons. The Kier molecular flexibility index (Phi) is 6.04. The number of hydrogen-bond acceptors (Lipinski definition) is 1. The Labute approximate surface area is 145 Å². The van der Waals surface area contributed by atoms with Crippen molar-refractivity contribution in [1.29, 1.82) is 0 Å². The lowest BCUT2D eigenvalue weighted by molar-refractivity contribution is -0.373. The topological polar surface area (TPSA) is 20.2 Å². The fourth-order valence-electron chi connectivity index (χ4n) is 3.88. The summed E-state index contributed by atoms with van der Waals surface area (Å²) in [5.41, 5.74) is -5.17. The van der Waals surface area contributed by atoms with Crippen LogP contribution in [0.25, 0.3) is 0 Å². The van der Waals surface area contributed by atoms with Crippen molar-refractivity contribution in [3.63, 3.8) is 0 Å². The number of hydrogen-bond donors (Lipinski definition) is 1. The van der Waals surface area contributed by atoms with Gasteiger partial charge in [-0.2, -0.15) is 26.3 Å². The minimum absolute atomic E-state index is 0. The molecule has 2 aliphatic rings. The largest absolute Gasteiger partial charge is 0.426 e. The number of rotatable bonds is 3. The molecule has 1 nitrogen and oxygen atoms in total. The van der Waals surface area contributed by atoms with E-state index in [-0.39, 0.29) is 19.8 Å². The molecule has 4 unspecified atom stereocenters. The molecule has 1 N–H and O–H groups in total. The molecule has 0 aliphatic heterocycles. The van der Waals surface area contributed by atoms with Crippen molar-refractivity contribution in [2.75, 3.05) is 0 Å². The highest BCUT2D eigenvalue weighted by molar-refractivity contribution is 7.65. The summed E-state index contributed by atoms with van der Waals surface area (Å²) in [5.74, 6) is -1.48. The Bertz CT molecular complexity index is 422. The van der Waals surface area contributed by atoms with Crippen LogP contribution in [0, 0.1) is 17.8 Å². The highest BCUT2D eigenvalue weighted by atomic mass is 35.8. The molecule has 0 amide bonds. The first-order chi connectivity index (χ1) is 9.67. The van der Waals surface area contributed by atoms with Crippen LogP contribution in [0.15, 0.2) is 0 Å². The van der Waals surface area contributed by atoms with Crippen LogP contribution < -0.4 is 0 Å². The zero-order valence-corrected chi connectivity index (χ0v) is 14.3. The first-order valence-electron chi connectivity index (χ1n) is 6.59. The van der Waals surface area contributed by atoms with Gasteiger partial charge in [0.05, 0.1) is 0 Å². The van der Waals surface area contributed by atoms with Crippen LogP contribution >= 0.6 is 33.2 Å². The minimum Gasteiger partial charge on any atom is -0.374 e. The van der Waals surface area contributed by atoms with Gasteiger partial charge in [0.1, 0.15) is 0 Å². The molecule has 0 spiro atoms. The van der Waals surface area contributed by atoms with E-state index >= 15 is 0 Å². The smallest absolute Gasteiger partial charge is 0.374 e. The summed E-state index contributed by atoms with van der Waals surface area (Å²) in [6.07, 6.45) is -11.8. The molecular weight excluding hydrogens is 409 g/mol. The van der Waals surface area contributed by atoms with Gasteiger partial charge in [-0.15, -0.1) is 33.2 Å². The highest BCUT2D eigenvalue weighted by Crippen LogP contribution is 2.63. The number of fused-ring (bicyclic) bond motifs is 2. The van der Waals surface area contributed by atoms with E-state index in [0.717, 1.165) is 0 Å². The van der Waals surface area contributed by atoms with Gasteiger partial charge in [-0.3, -0.25) is 0 Å². The van der Waals surface area contributed by atoms with Crippen LogP contribution in [0.4, 0.5) is 26.3 Å². The average Bonchev–Trinajstić information content (AvgIpc) is 2.83. The Balaban J connectivity index is 0.00000264. The predicted octanol–water partition coefficient (Wildman–Crippen LogP) is 5.94. The van der Waals surface area contributed by atoms with Gasteiger partial charge in [-0.25, -0.2) is 0 Å². The van der Waals surface area contributed by atoms with Gasteiger partial charge < -0.3 is 5.11 Å². The molecule has 0 aromatic rings. The molecule has 0 aromatic carbocycles. The second-order valence-corrected chi connectivity index (χ2v) is 15.1. The SMILES string of the molecule is C.OC(CC1CC2CC1C([Si](Cl)(Cl)Cl)C2)(C(F)(F)F)C(F)(F)F. The Hall–Kier alpha value is 0.627. The summed E-state index contributed by atoms with van der Waals surface area (Å²) in [6, 6.07) is -3.21. The van der Waals surface area contributed by atoms with Gasteiger partial charge in [0.25, 0.3) is 5.60 Å². The second-order valence-electron chi connectivity index (χ2n) is 6.21. The molecule has 2 bridgehead atoms. The fourth-order valence-corrected chi connectivity index (χ4v) is 7.63. The summed E-state index contributed by atoms with van der Waals surface area (Å²) >= 11 is 17.7. The predicted molar refractivity (Wildman–Crippen MR) is 79.8 cm³/mol. The van der Waals surface area contributed by atoms with Gasteiger partial charge >= 0.3 is 18.4 Å². The molecule has 0 saturated heterocycles. The van der Waals surface area contributed by atoms with Crippen LogP contribution in [-0.4, -0.2) is 29.1 Å². The first kappa shape index (κ1) is 21.7. The van der Waals surface area contributed by atoms with Crippen LogP contribution in [-0.2, 0) is 0 Å². The third kappa shape index (κ3) is 3.91. The van der Waals surface area contributed by atoms with Crippen molar-refractivity contribution in [3.8, 4) is 0 Å². The zero-order valence-electron chi connectivity index (χ0n) is 11.0. The lowest BCUT2D eigenvalue weighted by Gasteiger charge is -2.39. The maximum atomic E-state index is 12.8. The highest BCUT2D eigenvalue weighted by Gasteiger charge is 2.71. The van der Waals surface area contributed by atoms with E-state index in [0.29, 0.717) is 12.8 Å². The number of alkyl halides is 6. The standard InChI is InChI=1S/C11H13Cl3F6OSi.CH4/c12-22(13,14)8-3-5-1-6(7(8)2-5)4-9(21,10(15,16)17)11(18,19)20;/h5-8,21H,1-4H2;1H4. The molecular formula is C12H17Cl3F6OSi. The molecule has 2 fully saturated rings. The number of aliphatic hydroxyl groups is 1. The summed E-state index contributed by atoms with van der Waals surface area (Å²) in [7, 11) is 0. The lowest BCUT2D eigenvalue weighted by atomic mass is 9.79. The zero-order chi connectivity index (χ0) is 17.1. The Morgan fingerprint density at radius 2 is 1.39 bits per heavy atom. The molecule has 138 valence electrons. The van der Waals surface area contributed by atoms with Crippen molar-refractivity contribution >= 4 is 39.2 Å². The summed E-state index contributed by atoms with van der Waals surface area (Å²) in [4.78, 5) is 0. The average molecular weight is 426 g/mol. The van der Waals surface area contributed by atoms with Gasteiger partial charge in [0.15, 0.2) is 0 Å². The van der Waals surface area contributed by atoms with E-state index in [2.05, 4.69) is 0 Å². The molecule has 2 rings (SSSR count). The molecule has 23 heavy (non-hydrogen) atoms. The normalized spacial score (nSPS) is 32.1. The fraction of sp³-hybridized carbons (Fsp3) is 1.00. The van der Waals surface area contributed by atoms with Gasteiger partial charge in [-0.05, 0) is 49.0 Å². The van der Waals surface area contributed by atoms with Crippen LogP contribution in [0.5, 0.6) is 0 Å². The monoisotopic (exact) mass is 424 g/mol. The first-order valence-corrected chi connectivity index (χ1v) is 11.7. The maximum absolute atomic E-state index is 12.8. The molecule has 2 saturated carbocycles. The molecule has 2 aliphatic carbocycles. The van der Waals surface area contributed by atoms with E-state index in [1.54, 1.807) is 0 Å². The lowest BCUT2D eigenvalue weighted by Crippen LogP contribution is -2.58. The van der Waals surface area contributed by atoms with Crippen molar-refractivity contribution in [3.05, 3.63) is 0 Å². The summed E-state index contributed by atoms with van der Waals surface area (Å²) in [5, 5.41) is 9.32. The van der Waals surface area contributed by atoms with Crippen LogP contribution in [0.3, 0.4) is 0 Å². The second kappa shape index (κ2) is 6.41. The third-order valence-corrected chi connectivity index (χ3v) is 8.89. The van der Waals surface area contributed by atoms with E-state index in [1.165, 1.54) is 0 Å². The van der Waals surface area contributed by atoms with E-state index < -0.39 is 47.8 Å². The van der Waals surface area contributed by atoms with Crippen molar-refractivity contribution in [2.24, 2.45) is 17.8 Å². The van der Waals surface area contributed by atoms with Gasteiger partial charge in [0, 0.05) is 0 Å². The van der Waals surface area contributed by atoms with E-state index in [4.69, 9.17) is 33.2 Å². The maximum Gasteiger partial charge on any atom is 0.426 e. The van der Waals surface area contributed by atoms with Crippen molar-refractivity contribution in [1.82, 2.24) is 0 Å². The van der Waals surface area contributed by atoms with Gasteiger partial charge in [0.2, 0.25) is 0 Å². The van der Waals surface area contributed by atoms with Crippen molar-refractivity contribution < 1.29 is 31.4 Å². The van der Waals surface area contributed by atoms with Crippen LogP contribution in [0.2, 0.25) is 5.54 Å². The summed E-state index contributed by atoms with van der Waals surface area (Å²) < 4.78 is 76.7. The van der Waals surface area contributed by atoms with Crippen LogP contribution in [0.1, 0.15) is 33.1 Å². The molecule has 4 atom stereocenters. The minimum atomic E-state index is -5.79. The quantitative estimate of drug-likeness (QED) is 0.337. The molecule has 0 heterocycles. The van der Waals surface area contributed by atoms with E-state index in [1.807, 2.05) is 0 Å². The van der Waals surface area contributed by atoms with Crippen molar-refractivity contribution in [2.45, 2.75) is 56.6 Å².